The van der Waals surface area contributed by atoms with E-state index in [1.807, 2.05) is 0 Å². The van der Waals surface area contributed by atoms with Crippen LogP contribution >= 0.6 is 15.9 Å². The van der Waals surface area contributed by atoms with Gasteiger partial charge < -0.3 is 10.6 Å². The summed E-state index contributed by atoms with van der Waals surface area (Å²) in [5.74, 6) is -0.620. The molecule has 0 fully saturated rings. The summed E-state index contributed by atoms with van der Waals surface area (Å²) < 4.78 is 0.856. The van der Waals surface area contributed by atoms with E-state index in [4.69, 9.17) is 5.26 Å². The number of carbonyl (C=O) groups excluding carboxylic acids is 1. The maximum atomic E-state index is 12.1. The van der Waals surface area contributed by atoms with E-state index < -0.39 is 10.8 Å². The molecular weight excluding hydrogens is 376 g/mol. The van der Waals surface area contributed by atoms with Crippen molar-refractivity contribution in [3.05, 3.63) is 74.9 Å². The number of nitrogens with one attached hydrogen (secondary N) is 2. The third-order valence-electron chi connectivity index (χ3n) is 2.94. The molecule has 0 saturated carbocycles. The zero-order valence-electron chi connectivity index (χ0n) is 12.2. The molecule has 2 aromatic rings. The third-order valence-corrected chi connectivity index (χ3v) is 3.47. The Morgan fingerprint density at radius 1 is 1.21 bits per heavy atom. The van der Waals surface area contributed by atoms with Crippen molar-refractivity contribution in [2.24, 2.45) is 0 Å². The quantitative estimate of drug-likeness (QED) is 0.351. The first-order valence-corrected chi connectivity index (χ1v) is 7.47. The summed E-state index contributed by atoms with van der Waals surface area (Å²) in [4.78, 5) is 22.5. The van der Waals surface area contributed by atoms with Crippen LogP contribution in [-0.4, -0.2) is 10.8 Å². The van der Waals surface area contributed by atoms with Crippen LogP contribution in [-0.2, 0) is 4.79 Å². The molecule has 0 saturated heterocycles. The van der Waals surface area contributed by atoms with Crippen molar-refractivity contribution < 1.29 is 9.72 Å². The van der Waals surface area contributed by atoms with Gasteiger partial charge in [0.1, 0.15) is 17.3 Å². The Bertz CT molecular complexity index is 841. The first kappa shape index (κ1) is 17.2. The van der Waals surface area contributed by atoms with Gasteiger partial charge in [-0.1, -0.05) is 28.1 Å². The van der Waals surface area contributed by atoms with Crippen molar-refractivity contribution in [1.82, 2.24) is 0 Å². The van der Waals surface area contributed by atoms with Crippen LogP contribution in [0.15, 0.2) is 64.8 Å². The van der Waals surface area contributed by atoms with Gasteiger partial charge in [0.25, 0.3) is 11.6 Å². The molecule has 2 N–H and O–H groups in total. The molecule has 0 atom stereocenters. The lowest BCUT2D eigenvalue weighted by atomic mass is 10.2. The molecule has 7 nitrogen and oxygen atoms in total. The Balaban J connectivity index is 2.15. The number of nitrogens with zero attached hydrogens (tertiary/aromatic N) is 2. The van der Waals surface area contributed by atoms with E-state index in [9.17, 15) is 14.9 Å². The number of hydrogen-bond donors (Lipinski definition) is 2. The lowest BCUT2D eigenvalue weighted by molar-refractivity contribution is -0.383. The van der Waals surface area contributed by atoms with Gasteiger partial charge in [-0.05, 0) is 30.3 Å². The number of anilines is 2. The van der Waals surface area contributed by atoms with Crippen LogP contribution in [0.4, 0.5) is 17.1 Å². The van der Waals surface area contributed by atoms with Crippen LogP contribution in [0, 0.1) is 21.4 Å². The lowest BCUT2D eigenvalue weighted by Gasteiger charge is -2.05. The van der Waals surface area contributed by atoms with E-state index in [0.29, 0.717) is 5.69 Å². The molecule has 1 amide bonds. The van der Waals surface area contributed by atoms with Crippen molar-refractivity contribution in [3.63, 3.8) is 0 Å². The van der Waals surface area contributed by atoms with Gasteiger partial charge in [0, 0.05) is 22.4 Å². The van der Waals surface area contributed by atoms with Gasteiger partial charge in [-0.15, -0.1) is 0 Å². The van der Waals surface area contributed by atoms with Crippen LogP contribution in [0.1, 0.15) is 0 Å². The number of benzene rings is 2. The molecule has 8 heteroatoms. The molecule has 0 bridgehead atoms. The number of halogens is 1. The van der Waals surface area contributed by atoms with Crippen LogP contribution in [0.3, 0.4) is 0 Å². The second-order valence-electron chi connectivity index (χ2n) is 4.55. The summed E-state index contributed by atoms with van der Waals surface area (Å²) >= 11 is 3.28. The largest absolute Gasteiger partial charge is 0.355 e. The Morgan fingerprint density at radius 2 is 1.88 bits per heavy atom. The van der Waals surface area contributed by atoms with Crippen molar-refractivity contribution in [1.29, 1.82) is 5.26 Å². The summed E-state index contributed by atoms with van der Waals surface area (Å²) in [6, 6.07) is 14.5. The number of hydrogen-bond acceptors (Lipinski definition) is 5. The maximum Gasteiger partial charge on any atom is 0.292 e. The monoisotopic (exact) mass is 386 g/mol. The first-order valence-electron chi connectivity index (χ1n) is 6.68. The predicted molar refractivity (Wildman–Crippen MR) is 93.2 cm³/mol. The van der Waals surface area contributed by atoms with Crippen molar-refractivity contribution in [3.8, 4) is 6.07 Å². The van der Waals surface area contributed by atoms with E-state index in [-0.39, 0.29) is 16.9 Å². The van der Waals surface area contributed by atoms with Gasteiger partial charge in [0.2, 0.25) is 0 Å². The molecule has 0 radical (unpaired) electrons. The third kappa shape index (κ3) is 4.41. The summed E-state index contributed by atoms with van der Waals surface area (Å²) in [7, 11) is 0. The Hall–Kier alpha value is -3.18. The molecule has 0 spiro atoms. The maximum absolute atomic E-state index is 12.1. The molecular formula is C16H11BrN4O3. The number of nitro benzene ring substituents is 1. The number of amides is 1. The highest BCUT2D eigenvalue weighted by Crippen LogP contribution is 2.23. The summed E-state index contributed by atoms with van der Waals surface area (Å²) in [6.07, 6.45) is 1.14. The summed E-state index contributed by atoms with van der Waals surface area (Å²) in [5.41, 5.74) is 0.345. The number of nitro groups is 1. The molecule has 0 aliphatic carbocycles. The van der Waals surface area contributed by atoms with Crippen LogP contribution < -0.4 is 10.6 Å². The van der Waals surface area contributed by atoms with E-state index >= 15 is 0 Å². The van der Waals surface area contributed by atoms with Crippen LogP contribution in [0.25, 0.3) is 0 Å². The molecule has 2 aromatic carbocycles. The van der Waals surface area contributed by atoms with Crippen molar-refractivity contribution in [2.45, 2.75) is 0 Å². The van der Waals surface area contributed by atoms with Gasteiger partial charge in [0.05, 0.1) is 4.92 Å². The zero-order valence-corrected chi connectivity index (χ0v) is 13.8. The molecule has 24 heavy (non-hydrogen) atoms. The number of para-hydroxylation sites is 2. The topological polar surface area (TPSA) is 108 Å². The normalized spacial score (nSPS) is 10.6. The molecule has 0 heterocycles. The Morgan fingerprint density at radius 3 is 2.50 bits per heavy atom. The highest BCUT2D eigenvalue weighted by molar-refractivity contribution is 9.10. The van der Waals surface area contributed by atoms with Gasteiger partial charge in [-0.2, -0.15) is 5.26 Å². The minimum Gasteiger partial charge on any atom is -0.355 e. The smallest absolute Gasteiger partial charge is 0.292 e. The van der Waals surface area contributed by atoms with Crippen LogP contribution in [0.2, 0.25) is 0 Å². The second kappa shape index (κ2) is 7.89. The standard InChI is InChI=1S/C16H11BrN4O3/c17-12-5-7-13(8-6-12)20-16(22)11(9-18)10-19-14-3-1-2-4-15(14)21(23)24/h1-8,10,19H,(H,20,22)/b11-10-. The average Bonchev–Trinajstić information content (AvgIpc) is 2.57. The number of rotatable bonds is 5. The number of nitriles is 1. The van der Waals surface area contributed by atoms with Crippen molar-refractivity contribution in [2.75, 3.05) is 10.6 Å². The van der Waals surface area contributed by atoms with Gasteiger partial charge in [-0.3, -0.25) is 14.9 Å². The van der Waals surface area contributed by atoms with Gasteiger partial charge >= 0.3 is 0 Å². The fraction of sp³-hybridized carbons (Fsp3) is 0. The molecule has 0 aromatic heterocycles. The predicted octanol–water partition coefficient (Wildman–Crippen LogP) is 3.82. The Labute approximate surface area is 145 Å². The fourth-order valence-corrected chi connectivity index (χ4v) is 2.05. The molecule has 0 unspecified atom stereocenters. The fourth-order valence-electron chi connectivity index (χ4n) is 1.79. The van der Waals surface area contributed by atoms with E-state index in [2.05, 4.69) is 26.6 Å². The highest BCUT2D eigenvalue weighted by atomic mass is 79.9. The first-order chi connectivity index (χ1) is 11.5. The number of carbonyl (C=O) groups is 1. The summed E-state index contributed by atoms with van der Waals surface area (Å²) in [5, 5.41) is 25.2. The van der Waals surface area contributed by atoms with Crippen LogP contribution in [0.5, 0.6) is 0 Å². The minimum atomic E-state index is -0.620. The SMILES string of the molecule is N#C/C(=C/Nc1ccccc1[N+](=O)[O-])C(=O)Nc1ccc(Br)cc1. The van der Waals surface area contributed by atoms with E-state index in [0.717, 1.165) is 10.7 Å². The molecule has 0 aliphatic rings. The van der Waals surface area contributed by atoms with Gasteiger partial charge in [0.15, 0.2) is 0 Å². The molecule has 0 aliphatic heterocycles. The van der Waals surface area contributed by atoms with E-state index in [1.165, 1.54) is 18.2 Å². The van der Waals surface area contributed by atoms with E-state index in [1.54, 1.807) is 36.4 Å². The second-order valence-corrected chi connectivity index (χ2v) is 5.47. The highest BCUT2D eigenvalue weighted by Gasteiger charge is 2.13. The Kier molecular flexibility index (Phi) is 5.65. The zero-order chi connectivity index (χ0) is 17.5. The van der Waals surface area contributed by atoms with Gasteiger partial charge in [-0.25, -0.2) is 0 Å². The summed E-state index contributed by atoms with van der Waals surface area (Å²) in [6.45, 7) is 0. The molecule has 2 rings (SSSR count). The average molecular weight is 387 g/mol. The molecule has 120 valence electrons. The minimum absolute atomic E-state index is 0.153. The lowest BCUT2D eigenvalue weighted by Crippen LogP contribution is -2.14. The van der Waals surface area contributed by atoms with Crippen molar-refractivity contribution >= 4 is 38.9 Å².